The lowest BCUT2D eigenvalue weighted by molar-refractivity contribution is 0.0739. The average Bonchev–Trinajstić information content (AvgIpc) is 3.24. The maximum atomic E-state index is 13.1. The number of rotatable bonds is 5. The van der Waals surface area contributed by atoms with Crippen molar-refractivity contribution in [1.82, 2.24) is 19.4 Å². The average molecular weight is 359 g/mol. The van der Waals surface area contributed by atoms with Gasteiger partial charge >= 0.3 is 0 Å². The van der Waals surface area contributed by atoms with Crippen molar-refractivity contribution >= 4 is 17.4 Å². The van der Waals surface area contributed by atoms with Crippen LogP contribution in [0.4, 0.5) is 0 Å². The second-order valence-corrected chi connectivity index (χ2v) is 8.03. The van der Waals surface area contributed by atoms with Crippen molar-refractivity contribution in [2.45, 2.75) is 45.2 Å². The minimum atomic E-state index is 0.0820. The molecule has 1 unspecified atom stereocenters. The SMILES string of the molecule is CC(C)c1nnsc1C(=O)N1CCCC1c1ccc(CN(C)C)cc1. The third kappa shape index (κ3) is 3.90. The quantitative estimate of drug-likeness (QED) is 0.818. The Labute approximate surface area is 153 Å². The van der Waals surface area contributed by atoms with E-state index in [0.717, 1.165) is 31.6 Å². The predicted molar refractivity (Wildman–Crippen MR) is 101 cm³/mol. The van der Waals surface area contributed by atoms with Crippen LogP contribution in [0.1, 0.15) is 65.1 Å². The first-order chi connectivity index (χ1) is 12.0. The van der Waals surface area contributed by atoms with Crippen molar-refractivity contribution in [3.05, 3.63) is 46.0 Å². The van der Waals surface area contributed by atoms with Crippen LogP contribution in [0.2, 0.25) is 0 Å². The molecule has 1 fully saturated rings. The Morgan fingerprint density at radius 1 is 1.32 bits per heavy atom. The summed E-state index contributed by atoms with van der Waals surface area (Å²) >= 11 is 1.22. The third-order valence-electron chi connectivity index (χ3n) is 4.63. The molecule has 1 aliphatic heterocycles. The highest BCUT2D eigenvalue weighted by molar-refractivity contribution is 7.08. The molecule has 0 radical (unpaired) electrons. The van der Waals surface area contributed by atoms with E-state index in [9.17, 15) is 4.79 Å². The summed E-state index contributed by atoms with van der Waals surface area (Å²) in [5.41, 5.74) is 3.33. The first kappa shape index (κ1) is 18.0. The van der Waals surface area contributed by atoms with Crippen molar-refractivity contribution in [3.8, 4) is 0 Å². The molecule has 0 aliphatic carbocycles. The molecule has 1 saturated heterocycles. The van der Waals surface area contributed by atoms with Gasteiger partial charge in [0.1, 0.15) is 4.88 Å². The monoisotopic (exact) mass is 358 g/mol. The van der Waals surface area contributed by atoms with Crippen LogP contribution < -0.4 is 0 Å². The number of nitrogens with zero attached hydrogens (tertiary/aromatic N) is 4. The van der Waals surface area contributed by atoms with E-state index >= 15 is 0 Å². The van der Waals surface area contributed by atoms with Crippen LogP contribution in [0.15, 0.2) is 24.3 Å². The summed E-state index contributed by atoms with van der Waals surface area (Å²) < 4.78 is 4.01. The first-order valence-electron chi connectivity index (χ1n) is 8.84. The fraction of sp³-hybridized carbons (Fsp3) is 0.526. The Balaban J connectivity index is 1.80. The molecule has 3 rings (SSSR count). The maximum absolute atomic E-state index is 13.1. The van der Waals surface area contributed by atoms with Crippen molar-refractivity contribution < 1.29 is 4.79 Å². The number of carbonyl (C=O) groups excluding carboxylic acids is 1. The largest absolute Gasteiger partial charge is 0.331 e. The molecule has 1 aromatic heterocycles. The Kier molecular flexibility index (Phi) is 5.49. The molecule has 134 valence electrons. The predicted octanol–water partition coefficient (Wildman–Crippen LogP) is 3.70. The molecule has 25 heavy (non-hydrogen) atoms. The van der Waals surface area contributed by atoms with Crippen LogP contribution in [0.25, 0.3) is 0 Å². The zero-order chi connectivity index (χ0) is 18.0. The third-order valence-corrected chi connectivity index (χ3v) is 5.36. The summed E-state index contributed by atoms with van der Waals surface area (Å²) in [6.45, 7) is 5.84. The lowest BCUT2D eigenvalue weighted by Gasteiger charge is -2.25. The minimum Gasteiger partial charge on any atom is -0.331 e. The number of amides is 1. The van der Waals surface area contributed by atoms with Gasteiger partial charge in [-0.25, -0.2) is 0 Å². The van der Waals surface area contributed by atoms with E-state index in [0.29, 0.717) is 4.88 Å². The summed E-state index contributed by atoms with van der Waals surface area (Å²) in [6, 6.07) is 8.84. The molecule has 1 aliphatic rings. The van der Waals surface area contributed by atoms with Gasteiger partial charge in [-0.15, -0.1) is 5.10 Å². The standard InChI is InChI=1S/C19H26N4OS/c1-13(2)17-18(25-21-20-17)19(24)23-11-5-6-16(23)15-9-7-14(8-10-15)12-22(3)4/h7-10,13,16H,5-6,11-12H2,1-4H3. The second-order valence-electron chi connectivity index (χ2n) is 7.28. The van der Waals surface area contributed by atoms with Gasteiger partial charge in [0.05, 0.1) is 11.7 Å². The van der Waals surface area contributed by atoms with E-state index in [1.54, 1.807) is 0 Å². The van der Waals surface area contributed by atoms with Gasteiger partial charge in [-0.1, -0.05) is 42.6 Å². The first-order valence-corrected chi connectivity index (χ1v) is 9.61. The lowest BCUT2D eigenvalue weighted by atomic mass is 10.0. The minimum absolute atomic E-state index is 0.0820. The van der Waals surface area contributed by atoms with Crippen molar-refractivity contribution in [1.29, 1.82) is 0 Å². The molecule has 6 heteroatoms. The number of hydrogen-bond acceptors (Lipinski definition) is 5. The van der Waals surface area contributed by atoms with Crippen molar-refractivity contribution in [2.24, 2.45) is 0 Å². The van der Waals surface area contributed by atoms with Crippen LogP contribution in [0.3, 0.4) is 0 Å². The molecule has 1 amide bonds. The van der Waals surface area contributed by atoms with Crippen LogP contribution in [-0.4, -0.2) is 45.9 Å². The lowest BCUT2D eigenvalue weighted by Crippen LogP contribution is -2.30. The molecule has 0 saturated carbocycles. The van der Waals surface area contributed by atoms with E-state index in [1.165, 1.54) is 22.7 Å². The second kappa shape index (κ2) is 7.62. The van der Waals surface area contributed by atoms with Crippen molar-refractivity contribution in [3.63, 3.8) is 0 Å². The van der Waals surface area contributed by atoms with E-state index in [-0.39, 0.29) is 17.9 Å². The number of hydrogen-bond donors (Lipinski definition) is 0. The molecule has 1 atom stereocenters. The summed E-state index contributed by atoms with van der Waals surface area (Å²) in [5, 5.41) is 4.16. The molecule has 5 nitrogen and oxygen atoms in total. The number of benzene rings is 1. The van der Waals surface area contributed by atoms with E-state index in [2.05, 4.69) is 66.7 Å². The number of likely N-dealkylation sites (tertiary alicyclic amines) is 1. The Hall–Kier alpha value is -1.79. The maximum Gasteiger partial charge on any atom is 0.268 e. The zero-order valence-corrected chi connectivity index (χ0v) is 16.2. The summed E-state index contributed by atoms with van der Waals surface area (Å²) in [4.78, 5) is 17.9. The van der Waals surface area contributed by atoms with Gasteiger partial charge in [0, 0.05) is 13.1 Å². The molecule has 0 bridgehead atoms. The van der Waals surface area contributed by atoms with Gasteiger partial charge in [0.15, 0.2) is 0 Å². The molecule has 1 aromatic carbocycles. The van der Waals surface area contributed by atoms with E-state index < -0.39 is 0 Å². The van der Waals surface area contributed by atoms with Crippen LogP contribution >= 0.6 is 11.5 Å². The molecular formula is C19H26N4OS. The summed E-state index contributed by atoms with van der Waals surface area (Å²) in [6.07, 6.45) is 2.06. The fourth-order valence-electron chi connectivity index (χ4n) is 3.42. The molecule has 2 aromatic rings. The summed E-state index contributed by atoms with van der Waals surface area (Å²) in [7, 11) is 4.14. The van der Waals surface area contributed by atoms with Crippen LogP contribution in [0, 0.1) is 0 Å². The highest BCUT2D eigenvalue weighted by Crippen LogP contribution is 2.34. The molecule has 0 N–H and O–H groups in total. The molecular weight excluding hydrogens is 332 g/mol. The van der Waals surface area contributed by atoms with Gasteiger partial charge in [0.2, 0.25) is 0 Å². The molecule has 2 heterocycles. The highest BCUT2D eigenvalue weighted by Gasteiger charge is 2.33. The van der Waals surface area contributed by atoms with Gasteiger partial charge in [-0.3, -0.25) is 4.79 Å². The van der Waals surface area contributed by atoms with Gasteiger partial charge in [0.25, 0.3) is 5.91 Å². The molecule has 0 spiro atoms. The smallest absolute Gasteiger partial charge is 0.268 e. The summed E-state index contributed by atoms with van der Waals surface area (Å²) in [5.74, 6) is 0.294. The van der Waals surface area contributed by atoms with Crippen LogP contribution in [-0.2, 0) is 6.54 Å². The Bertz CT molecular complexity index is 723. The fourth-order valence-corrected chi connectivity index (χ4v) is 4.20. The van der Waals surface area contributed by atoms with E-state index in [4.69, 9.17) is 0 Å². The Morgan fingerprint density at radius 2 is 2.04 bits per heavy atom. The van der Waals surface area contributed by atoms with Gasteiger partial charge < -0.3 is 9.80 Å². The van der Waals surface area contributed by atoms with E-state index in [1.807, 2.05) is 4.90 Å². The number of carbonyl (C=O) groups is 1. The normalized spacial score (nSPS) is 17.7. The van der Waals surface area contributed by atoms with Crippen LogP contribution in [0.5, 0.6) is 0 Å². The Morgan fingerprint density at radius 3 is 2.68 bits per heavy atom. The van der Waals surface area contributed by atoms with Gasteiger partial charge in [-0.05, 0) is 55.5 Å². The number of aromatic nitrogens is 2. The van der Waals surface area contributed by atoms with Crippen molar-refractivity contribution in [2.75, 3.05) is 20.6 Å². The zero-order valence-electron chi connectivity index (χ0n) is 15.4. The van der Waals surface area contributed by atoms with Gasteiger partial charge in [-0.2, -0.15) is 0 Å². The topological polar surface area (TPSA) is 49.3 Å². The highest BCUT2D eigenvalue weighted by atomic mass is 32.1.